The van der Waals surface area contributed by atoms with E-state index >= 15 is 0 Å². The molecule has 0 unspecified atom stereocenters. The summed E-state index contributed by atoms with van der Waals surface area (Å²) in [6.45, 7) is 6.50. The third kappa shape index (κ3) is 4.15. The lowest BCUT2D eigenvalue weighted by atomic mass is 9.87. The molecule has 0 saturated heterocycles. The SMILES string of the molecule is CC(C)(C)c1ccc(C=NNc2cccc([N+](=O)[O-])c2)cc1. The number of hydrogen-bond acceptors (Lipinski definition) is 4. The van der Waals surface area contributed by atoms with E-state index < -0.39 is 4.92 Å². The van der Waals surface area contributed by atoms with Crippen molar-refractivity contribution in [3.63, 3.8) is 0 Å². The second kappa shape index (κ2) is 6.39. The van der Waals surface area contributed by atoms with Crippen molar-refractivity contribution in [3.05, 3.63) is 69.8 Å². The van der Waals surface area contributed by atoms with E-state index in [0.717, 1.165) is 5.56 Å². The van der Waals surface area contributed by atoms with E-state index in [1.54, 1.807) is 18.3 Å². The van der Waals surface area contributed by atoms with Crippen molar-refractivity contribution in [2.24, 2.45) is 5.10 Å². The van der Waals surface area contributed by atoms with Crippen LogP contribution in [0.15, 0.2) is 53.6 Å². The van der Waals surface area contributed by atoms with Crippen LogP contribution < -0.4 is 5.43 Å². The highest BCUT2D eigenvalue weighted by molar-refractivity contribution is 5.80. The Kier molecular flexibility index (Phi) is 4.56. The Morgan fingerprint density at radius 2 is 1.82 bits per heavy atom. The number of nitrogens with zero attached hydrogens (tertiary/aromatic N) is 2. The largest absolute Gasteiger partial charge is 0.278 e. The Balaban J connectivity index is 2.03. The monoisotopic (exact) mass is 297 g/mol. The van der Waals surface area contributed by atoms with Gasteiger partial charge in [0.2, 0.25) is 0 Å². The Labute approximate surface area is 129 Å². The van der Waals surface area contributed by atoms with Crippen LogP contribution in [0.3, 0.4) is 0 Å². The number of rotatable bonds is 4. The summed E-state index contributed by atoms with van der Waals surface area (Å²) in [6, 6.07) is 14.4. The number of non-ortho nitro benzene ring substituents is 1. The van der Waals surface area contributed by atoms with Gasteiger partial charge in [-0.2, -0.15) is 5.10 Å². The summed E-state index contributed by atoms with van der Waals surface area (Å²) in [5.41, 5.74) is 5.76. The topological polar surface area (TPSA) is 67.5 Å². The van der Waals surface area contributed by atoms with E-state index in [1.165, 1.54) is 17.7 Å². The number of hydrazone groups is 1. The van der Waals surface area contributed by atoms with Crippen LogP contribution in [0, 0.1) is 10.1 Å². The fourth-order valence-electron chi connectivity index (χ4n) is 1.94. The van der Waals surface area contributed by atoms with Gasteiger partial charge in [0.05, 0.1) is 16.8 Å². The van der Waals surface area contributed by atoms with Crippen LogP contribution in [0.25, 0.3) is 0 Å². The summed E-state index contributed by atoms with van der Waals surface area (Å²) in [5, 5.41) is 14.8. The highest BCUT2D eigenvalue weighted by atomic mass is 16.6. The van der Waals surface area contributed by atoms with Crippen molar-refractivity contribution >= 4 is 17.6 Å². The molecule has 0 aliphatic rings. The number of nitrogens with one attached hydrogen (secondary N) is 1. The molecule has 114 valence electrons. The fraction of sp³-hybridized carbons (Fsp3) is 0.235. The molecule has 2 aromatic rings. The molecular weight excluding hydrogens is 278 g/mol. The molecule has 0 aliphatic heterocycles. The van der Waals surface area contributed by atoms with Gasteiger partial charge in [-0.15, -0.1) is 0 Å². The van der Waals surface area contributed by atoms with E-state index in [4.69, 9.17) is 0 Å². The second-order valence-corrected chi connectivity index (χ2v) is 6.05. The van der Waals surface area contributed by atoms with Gasteiger partial charge < -0.3 is 0 Å². The third-order valence-electron chi connectivity index (χ3n) is 3.24. The van der Waals surface area contributed by atoms with Gasteiger partial charge >= 0.3 is 0 Å². The van der Waals surface area contributed by atoms with E-state index in [1.807, 2.05) is 12.1 Å². The lowest BCUT2D eigenvalue weighted by molar-refractivity contribution is -0.384. The van der Waals surface area contributed by atoms with Crippen LogP contribution in [0.2, 0.25) is 0 Å². The van der Waals surface area contributed by atoms with Gasteiger partial charge in [0.15, 0.2) is 0 Å². The minimum absolute atomic E-state index is 0.0368. The summed E-state index contributed by atoms with van der Waals surface area (Å²) >= 11 is 0. The summed E-state index contributed by atoms with van der Waals surface area (Å²) in [7, 11) is 0. The summed E-state index contributed by atoms with van der Waals surface area (Å²) in [6.07, 6.45) is 1.69. The minimum Gasteiger partial charge on any atom is -0.278 e. The normalized spacial score (nSPS) is 11.6. The van der Waals surface area contributed by atoms with Crippen molar-refractivity contribution in [1.82, 2.24) is 0 Å². The van der Waals surface area contributed by atoms with Crippen LogP contribution >= 0.6 is 0 Å². The molecular formula is C17H19N3O2. The van der Waals surface area contributed by atoms with Gasteiger partial charge in [-0.3, -0.25) is 15.5 Å². The van der Waals surface area contributed by atoms with Crippen molar-refractivity contribution in [3.8, 4) is 0 Å². The van der Waals surface area contributed by atoms with Gasteiger partial charge in [0, 0.05) is 12.1 Å². The number of benzene rings is 2. The quantitative estimate of drug-likeness (QED) is 0.518. The first kappa shape index (κ1) is 15.7. The van der Waals surface area contributed by atoms with Crippen LogP contribution in [0.5, 0.6) is 0 Å². The van der Waals surface area contributed by atoms with Crippen molar-refractivity contribution in [1.29, 1.82) is 0 Å². The molecule has 22 heavy (non-hydrogen) atoms. The smallest absolute Gasteiger partial charge is 0.271 e. The Hall–Kier alpha value is -2.69. The molecule has 0 spiro atoms. The molecule has 0 heterocycles. The molecule has 0 aromatic heterocycles. The fourth-order valence-corrected chi connectivity index (χ4v) is 1.94. The van der Waals surface area contributed by atoms with E-state index in [-0.39, 0.29) is 11.1 Å². The van der Waals surface area contributed by atoms with Gasteiger partial charge in [-0.25, -0.2) is 0 Å². The van der Waals surface area contributed by atoms with Crippen molar-refractivity contribution in [2.45, 2.75) is 26.2 Å². The maximum absolute atomic E-state index is 10.7. The van der Waals surface area contributed by atoms with Crippen LogP contribution in [0.1, 0.15) is 31.9 Å². The molecule has 0 radical (unpaired) electrons. The van der Waals surface area contributed by atoms with E-state index in [0.29, 0.717) is 5.69 Å². The van der Waals surface area contributed by atoms with Gasteiger partial charge in [-0.05, 0) is 22.6 Å². The first-order valence-corrected chi connectivity index (χ1v) is 7.00. The lowest BCUT2D eigenvalue weighted by Gasteiger charge is -2.18. The van der Waals surface area contributed by atoms with Crippen LogP contribution in [-0.4, -0.2) is 11.1 Å². The molecule has 2 rings (SSSR count). The molecule has 5 heteroatoms. The average Bonchev–Trinajstić information content (AvgIpc) is 2.47. The molecule has 0 aliphatic carbocycles. The molecule has 0 saturated carbocycles. The zero-order valence-corrected chi connectivity index (χ0v) is 12.9. The third-order valence-corrected chi connectivity index (χ3v) is 3.24. The van der Waals surface area contributed by atoms with Crippen molar-refractivity contribution < 1.29 is 4.92 Å². The Morgan fingerprint density at radius 1 is 1.14 bits per heavy atom. The first-order valence-electron chi connectivity index (χ1n) is 7.00. The zero-order valence-electron chi connectivity index (χ0n) is 12.9. The molecule has 0 fully saturated rings. The summed E-state index contributed by atoms with van der Waals surface area (Å²) in [5.74, 6) is 0. The number of nitro groups is 1. The maximum Gasteiger partial charge on any atom is 0.271 e. The lowest BCUT2D eigenvalue weighted by Crippen LogP contribution is -2.10. The van der Waals surface area contributed by atoms with Gasteiger partial charge in [-0.1, -0.05) is 51.1 Å². The number of anilines is 1. The summed E-state index contributed by atoms with van der Waals surface area (Å²) < 4.78 is 0. The maximum atomic E-state index is 10.7. The first-order chi connectivity index (χ1) is 10.4. The Bertz CT molecular complexity index is 686. The molecule has 0 atom stereocenters. The molecule has 2 aromatic carbocycles. The minimum atomic E-state index is -0.430. The molecule has 0 bridgehead atoms. The highest BCUT2D eigenvalue weighted by Gasteiger charge is 2.12. The number of hydrogen-bond donors (Lipinski definition) is 1. The molecule has 1 N–H and O–H groups in total. The van der Waals surface area contributed by atoms with Crippen molar-refractivity contribution in [2.75, 3.05) is 5.43 Å². The highest BCUT2D eigenvalue weighted by Crippen LogP contribution is 2.22. The van der Waals surface area contributed by atoms with Gasteiger partial charge in [0.25, 0.3) is 5.69 Å². The van der Waals surface area contributed by atoms with Crippen LogP contribution in [-0.2, 0) is 5.41 Å². The zero-order chi connectivity index (χ0) is 16.2. The number of nitro benzene ring substituents is 1. The standard InChI is InChI=1S/C17H19N3O2/c1-17(2,3)14-9-7-13(8-10-14)12-18-19-15-5-4-6-16(11-15)20(21)22/h4-12,19H,1-3H3. The van der Waals surface area contributed by atoms with E-state index in [2.05, 4.69) is 43.4 Å². The second-order valence-electron chi connectivity index (χ2n) is 6.05. The van der Waals surface area contributed by atoms with Gasteiger partial charge in [0.1, 0.15) is 0 Å². The molecule has 0 amide bonds. The Morgan fingerprint density at radius 3 is 2.41 bits per heavy atom. The predicted molar refractivity (Wildman–Crippen MR) is 89.5 cm³/mol. The van der Waals surface area contributed by atoms with E-state index in [9.17, 15) is 10.1 Å². The molecule has 5 nitrogen and oxygen atoms in total. The average molecular weight is 297 g/mol. The van der Waals surface area contributed by atoms with Crippen LogP contribution in [0.4, 0.5) is 11.4 Å². The predicted octanol–water partition coefficient (Wildman–Crippen LogP) is 4.34. The summed E-state index contributed by atoms with van der Waals surface area (Å²) in [4.78, 5) is 10.3.